The van der Waals surface area contributed by atoms with Crippen molar-refractivity contribution in [2.45, 2.75) is 97.2 Å². The first-order valence-corrected chi connectivity index (χ1v) is 15.5. The van der Waals surface area contributed by atoms with Gasteiger partial charge in [0, 0.05) is 37.1 Å². The molecule has 1 aromatic carbocycles. The number of allylic oxidation sites excluding steroid dienone is 2. The quantitative estimate of drug-likeness (QED) is 0.344. The molecule has 1 heterocycles. The van der Waals surface area contributed by atoms with E-state index in [2.05, 4.69) is 23.6 Å². The monoisotopic (exact) mass is 587 g/mol. The summed E-state index contributed by atoms with van der Waals surface area (Å²) >= 11 is 0. The molecule has 0 saturated heterocycles. The molecular formula is C33H53N3O6. The maximum Gasteiger partial charge on any atom is 0.242 e. The Morgan fingerprint density at radius 3 is 2.50 bits per heavy atom. The molecule has 0 aliphatic carbocycles. The van der Waals surface area contributed by atoms with Gasteiger partial charge in [0.15, 0.2) is 0 Å². The van der Waals surface area contributed by atoms with Gasteiger partial charge in [0.05, 0.1) is 26.9 Å². The maximum atomic E-state index is 13.7. The molecule has 42 heavy (non-hydrogen) atoms. The first-order chi connectivity index (χ1) is 20.1. The fraction of sp³-hybridized carbons (Fsp3) is 0.667. The molecule has 4 atom stereocenters. The molecule has 1 aromatic rings. The molecule has 9 nitrogen and oxygen atoms in total. The van der Waals surface area contributed by atoms with Crippen molar-refractivity contribution in [2.75, 3.05) is 27.9 Å². The van der Waals surface area contributed by atoms with E-state index in [1.54, 1.807) is 32.2 Å². The third kappa shape index (κ3) is 11.3. The van der Waals surface area contributed by atoms with Gasteiger partial charge in [-0.1, -0.05) is 45.8 Å². The highest BCUT2D eigenvalue weighted by atomic mass is 16.5. The highest BCUT2D eigenvalue weighted by Gasteiger charge is 2.30. The van der Waals surface area contributed by atoms with Crippen molar-refractivity contribution in [1.82, 2.24) is 15.5 Å². The van der Waals surface area contributed by atoms with Crippen molar-refractivity contribution in [3.8, 4) is 11.5 Å². The van der Waals surface area contributed by atoms with Crippen LogP contribution < -0.4 is 20.1 Å². The third-order valence-electron chi connectivity index (χ3n) is 7.87. The summed E-state index contributed by atoms with van der Waals surface area (Å²) in [6.07, 6.45) is 10.6. The Bertz CT molecular complexity index is 1030. The van der Waals surface area contributed by atoms with E-state index in [0.29, 0.717) is 30.9 Å². The second-order valence-electron chi connectivity index (χ2n) is 11.9. The number of nitrogens with one attached hydrogen (secondary N) is 2. The molecule has 0 spiro atoms. The molecule has 0 bridgehead atoms. The van der Waals surface area contributed by atoms with E-state index < -0.39 is 18.0 Å². The normalized spacial score (nSPS) is 23.5. The molecule has 0 saturated carbocycles. The first-order valence-electron chi connectivity index (χ1n) is 15.5. The van der Waals surface area contributed by atoms with Crippen LogP contribution in [-0.2, 0) is 20.9 Å². The molecule has 3 N–H and O–H groups in total. The molecule has 3 amide bonds. The Morgan fingerprint density at radius 1 is 1.10 bits per heavy atom. The van der Waals surface area contributed by atoms with E-state index in [1.807, 2.05) is 32.1 Å². The lowest BCUT2D eigenvalue weighted by molar-refractivity contribution is -0.136. The number of carbonyl (C=O) groups is 3. The summed E-state index contributed by atoms with van der Waals surface area (Å²) in [5.74, 6) is 0.430. The van der Waals surface area contributed by atoms with Crippen LogP contribution in [0.4, 0.5) is 0 Å². The SMILES string of the molecule is CCCC1CCCC/C=C/CC(C(=O)N(C)Cc2ccc(OC)cc2OC)C[C@@H](CO)NC(=O)[C@H](CC(C)C)NC1=O. The van der Waals surface area contributed by atoms with E-state index in [1.165, 1.54) is 0 Å². The van der Waals surface area contributed by atoms with Crippen LogP contribution in [0.5, 0.6) is 11.5 Å². The standard InChI is InChI=1S/C33H53N3O6/c1-7-13-24-14-11-9-8-10-12-15-25(19-27(22-37)34-32(39)29(18-23(2)3)35-31(24)38)33(40)36(4)21-26-16-17-28(41-5)20-30(26)42-6/h10,12,16-17,20,23-25,27,29,37H,7-9,11,13-15,18-19,21-22H2,1-6H3,(H,34,39)(H,35,38)/b12-10+/t24?,25?,27-,29-/m0/s1. The summed E-state index contributed by atoms with van der Waals surface area (Å²) < 4.78 is 10.8. The van der Waals surface area contributed by atoms with Crippen molar-refractivity contribution in [3.63, 3.8) is 0 Å². The molecule has 2 unspecified atom stereocenters. The zero-order valence-corrected chi connectivity index (χ0v) is 26.5. The molecule has 9 heteroatoms. The van der Waals surface area contributed by atoms with Crippen molar-refractivity contribution in [2.24, 2.45) is 17.8 Å². The fourth-order valence-electron chi connectivity index (χ4n) is 5.53. The van der Waals surface area contributed by atoms with E-state index >= 15 is 0 Å². The molecule has 2 rings (SSSR count). The summed E-state index contributed by atoms with van der Waals surface area (Å²) in [5.41, 5.74) is 0.846. The molecule has 1 aliphatic heterocycles. The van der Waals surface area contributed by atoms with Crippen LogP contribution in [-0.4, -0.2) is 67.7 Å². The summed E-state index contributed by atoms with van der Waals surface area (Å²) in [6, 6.07) is 4.18. The Balaban J connectivity index is 2.28. The summed E-state index contributed by atoms with van der Waals surface area (Å²) in [4.78, 5) is 42.0. The Kier molecular flexibility index (Phi) is 15.4. The van der Waals surface area contributed by atoms with Crippen LogP contribution in [0.2, 0.25) is 0 Å². The van der Waals surface area contributed by atoms with Crippen LogP contribution in [0.25, 0.3) is 0 Å². The number of ether oxygens (including phenoxy) is 2. The van der Waals surface area contributed by atoms with Crippen molar-refractivity contribution >= 4 is 17.7 Å². The number of hydrogen-bond donors (Lipinski definition) is 3. The predicted molar refractivity (Wildman–Crippen MR) is 165 cm³/mol. The number of amides is 3. The topological polar surface area (TPSA) is 117 Å². The predicted octanol–water partition coefficient (Wildman–Crippen LogP) is 4.61. The summed E-state index contributed by atoms with van der Waals surface area (Å²) in [6.45, 7) is 6.13. The Morgan fingerprint density at radius 2 is 1.86 bits per heavy atom. The maximum absolute atomic E-state index is 13.7. The highest BCUT2D eigenvalue weighted by molar-refractivity contribution is 5.88. The van der Waals surface area contributed by atoms with Gasteiger partial charge in [-0.3, -0.25) is 14.4 Å². The molecule has 236 valence electrons. The van der Waals surface area contributed by atoms with E-state index in [4.69, 9.17) is 9.47 Å². The van der Waals surface area contributed by atoms with Crippen LogP contribution in [0.1, 0.15) is 84.1 Å². The average Bonchev–Trinajstić information content (AvgIpc) is 2.97. The lowest BCUT2D eigenvalue weighted by Gasteiger charge is -2.29. The number of benzene rings is 1. The molecule has 0 radical (unpaired) electrons. The number of rotatable bonds is 10. The molecule has 0 fully saturated rings. The van der Waals surface area contributed by atoms with Crippen molar-refractivity contribution < 1.29 is 29.0 Å². The zero-order valence-electron chi connectivity index (χ0n) is 26.5. The average molecular weight is 588 g/mol. The number of carbonyl (C=O) groups excluding carboxylic acids is 3. The van der Waals surface area contributed by atoms with Gasteiger partial charge < -0.3 is 30.1 Å². The van der Waals surface area contributed by atoms with Gasteiger partial charge in [-0.25, -0.2) is 0 Å². The van der Waals surface area contributed by atoms with Gasteiger partial charge >= 0.3 is 0 Å². The lowest BCUT2D eigenvalue weighted by atomic mass is 9.92. The highest BCUT2D eigenvalue weighted by Crippen LogP contribution is 2.27. The van der Waals surface area contributed by atoms with Crippen molar-refractivity contribution in [1.29, 1.82) is 0 Å². The molecular weight excluding hydrogens is 534 g/mol. The van der Waals surface area contributed by atoms with Crippen LogP contribution in [0.3, 0.4) is 0 Å². The lowest BCUT2D eigenvalue weighted by Crippen LogP contribution is -2.52. The number of aliphatic hydroxyl groups is 1. The van der Waals surface area contributed by atoms with Gasteiger partial charge in [-0.2, -0.15) is 0 Å². The third-order valence-corrected chi connectivity index (χ3v) is 7.87. The largest absolute Gasteiger partial charge is 0.497 e. The number of methoxy groups -OCH3 is 2. The molecule has 1 aliphatic rings. The second kappa shape index (κ2) is 18.5. The number of aliphatic hydroxyl groups excluding tert-OH is 1. The van der Waals surface area contributed by atoms with E-state index in [0.717, 1.165) is 44.1 Å². The smallest absolute Gasteiger partial charge is 0.242 e. The molecule has 0 aromatic heterocycles. The van der Waals surface area contributed by atoms with E-state index in [9.17, 15) is 19.5 Å². The minimum Gasteiger partial charge on any atom is -0.497 e. The summed E-state index contributed by atoms with van der Waals surface area (Å²) in [7, 11) is 4.93. The minimum absolute atomic E-state index is 0.0792. The summed E-state index contributed by atoms with van der Waals surface area (Å²) in [5, 5.41) is 16.2. The van der Waals surface area contributed by atoms with Crippen LogP contribution >= 0.6 is 0 Å². The van der Waals surface area contributed by atoms with Gasteiger partial charge in [0.25, 0.3) is 0 Å². The number of hydrogen-bond acceptors (Lipinski definition) is 6. The minimum atomic E-state index is -0.696. The van der Waals surface area contributed by atoms with Crippen LogP contribution in [0.15, 0.2) is 30.4 Å². The van der Waals surface area contributed by atoms with Crippen molar-refractivity contribution in [3.05, 3.63) is 35.9 Å². The van der Waals surface area contributed by atoms with E-state index in [-0.39, 0.29) is 42.6 Å². The fourth-order valence-corrected chi connectivity index (χ4v) is 5.53. The second-order valence-corrected chi connectivity index (χ2v) is 11.9. The first kappa shape index (κ1) is 35.1. The zero-order chi connectivity index (χ0) is 31.1. The Hall–Kier alpha value is -3.07. The van der Waals surface area contributed by atoms with Gasteiger partial charge in [0.2, 0.25) is 17.7 Å². The van der Waals surface area contributed by atoms with Gasteiger partial charge in [-0.15, -0.1) is 0 Å². The number of nitrogens with zero attached hydrogens (tertiary/aromatic N) is 1. The Labute approximate surface area is 252 Å². The van der Waals surface area contributed by atoms with Gasteiger partial charge in [-0.05, 0) is 63.0 Å². The van der Waals surface area contributed by atoms with Crippen LogP contribution in [0, 0.1) is 17.8 Å². The van der Waals surface area contributed by atoms with Gasteiger partial charge in [0.1, 0.15) is 17.5 Å².